The summed E-state index contributed by atoms with van der Waals surface area (Å²) in [5, 5.41) is 21.6. The number of rotatable bonds is 9. The molecule has 0 saturated carbocycles. The molecule has 0 fully saturated rings. The van der Waals surface area contributed by atoms with Crippen molar-refractivity contribution in [3.8, 4) is 0 Å². The molecular weight excluding hydrogens is 196 g/mol. The number of nitro groups is 1. The summed E-state index contributed by atoms with van der Waals surface area (Å²) >= 11 is 0. The fourth-order valence-corrected chi connectivity index (χ4v) is 1.42. The maximum Gasteiger partial charge on any atom is 0.244 e. The molecule has 0 rings (SSSR count). The van der Waals surface area contributed by atoms with Gasteiger partial charge in [-0.1, -0.05) is 44.2 Å². The standard InChI is InChI=1S/C10H20N2O3/c1-2-3-4-5-6-7-8-10(11-13)9-12(14)15/h13H,2-9H2,1H3. The summed E-state index contributed by atoms with van der Waals surface area (Å²) in [7, 11) is 0. The van der Waals surface area contributed by atoms with E-state index in [1.165, 1.54) is 19.3 Å². The van der Waals surface area contributed by atoms with E-state index in [1.807, 2.05) is 0 Å². The van der Waals surface area contributed by atoms with Crippen molar-refractivity contribution in [1.29, 1.82) is 0 Å². The van der Waals surface area contributed by atoms with Crippen molar-refractivity contribution < 1.29 is 10.1 Å². The summed E-state index contributed by atoms with van der Waals surface area (Å²) < 4.78 is 0. The summed E-state index contributed by atoms with van der Waals surface area (Å²) in [6.07, 6.45) is 7.29. The Morgan fingerprint density at radius 2 is 1.87 bits per heavy atom. The van der Waals surface area contributed by atoms with Gasteiger partial charge in [-0.25, -0.2) is 0 Å². The van der Waals surface area contributed by atoms with Gasteiger partial charge in [0.05, 0.1) is 0 Å². The molecule has 0 aromatic carbocycles. The Morgan fingerprint density at radius 1 is 1.27 bits per heavy atom. The summed E-state index contributed by atoms with van der Waals surface area (Å²) in [6, 6.07) is 0. The first-order valence-electron chi connectivity index (χ1n) is 5.52. The number of unbranched alkanes of at least 4 members (excludes halogenated alkanes) is 5. The summed E-state index contributed by atoms with van der Waals surface area (Å²) in [5.74, 6) is 0. The topological polar surface area (TPSA) is 75.7 Å². The maximum atomic E-state index is 10.2. The van der Waals surface area contributed by atoms with E-state index in [2.05, 4.69) is 12.1 Å². The molecule has 0 aromatic rings. The van der Waals surface area contributed by atoms with Crippen LogP contribution in [0.15, 0.2) is 5.16 Å². The highest BCUT2D eigenvalue weighted by molar-refractivity contribution is 5.84. The van der Waals surface area contributed by atoms with Gasteiger partial charge in [0.2, 0.25) is 6.54 Å². The minimum Gasteiger partial charge on any atom is -0.411 e. The molecule has 0 atom stereocenters. The summed E-state index contributed by atoms with van der Waals surface area (Å²) in [4.78, 5) is 9.69. The van der Waals surface area contributed by atoms with Crippen molar-refractivity contribution in [2.75, 3.05) is 6.54 Å². The van der Waals surface area contributed by atoms with Crippen molar-refractivity contribution in [3.63, 3.8) is 0 Å². The highest BCUT2D eigenvalue weighted by atomic mass is 16.6. The Morgan fingerprint density at radius 3 is 2.40 bits per heavy atom. The fourth-order valence-electron chi connectivity index (χ4n) is 1.42. The second kappa shape index (κ2) is 9.43. The second-order valence-electron chi connectivity index (χ2n) is 3.67. The number of nitrogens with zero attached hydrogens (tertiary/aromatic N) is 2. The SMILES string of the molecule is CCCCCCCCC(C[N+](=O)[O-])=NO. The highest BCUT2D eigenvalue weighted by Crippen LogP contribution is 2.07. The zero-order valence-corrected chi connectivity index (χ0v) is 9.31. The third-order valence-electron chi connectivity index (χ3n) is 2.27. The van der Waals surface area contributed by atoms with Gasteiger partial charge in [0, 0.05) is 4.92 Å². The van der Waals surface area contributed by atoms with Crippen LogP contribution in [0.1, 0.15) is 51.9 Å². The van der Waals surface area contributed by atoms with Crippen molar-refractivity contribution in [1.82, 2.24) is 0 Å². The molecule has 0 unspecified atom stereocenters. The second-order valence-corrected chi connectivity index (χ2v) is 3.67. The van der Waals surface area contributed by atoms with Crippen LogP contribution in [-0.4, -0.2) is 22.4 Å². The minimum absolute atomic E-state index is 0.274. The Kier molecular flexibility index (Phi) is 8.72. The van der Waals surface area contributed by atoms with E-state index in [9.17, 15) is 10.1 Å². The average molecular weight is 216 g/mol. The zero-order chi connectivity index (χ0) is 11.5. The van der Waals surface area contributed by atoms with Gasteiger partial charge in [-0.2, -0.15) is 0 Å². The van der Waals surface area contributed by atoms with Crippen molar-refractivity contribution in [3.05, 3.63) is 10.1 Å². The Balaban J connectivity index is 3.43. The molecular formula is C10H20N2O3. The molecule has 0 bridgehead atoms. The molecule has 0 radical (unpaired) electrons. The lowest BCUT2D eigenvalue weighted by Gasteiger charge is -2.00. The zero-order valence-electron chi connectivity index (χ0n) is 9.31. The third kappa shape index (κ3) is 9.18. The van der Waals surface area contributed by atoms with Gasteiger partial charge in [-0.3, -0.25) is 10.1 Å². The number of hydrogen-bond donors (Lipinski definition) is 1. The van der Waals surface area contributed by atoms with Crippen LogP contribution in [0.25, 0.3) is 0 Å². The van der Waals surface area contributed by atoms with Gasteiger partial charge >= 0.3 is 0 Å². The Labute approximate surface area is 90.3 Å². The predicted molar refractivity (Wildman–Crippen MR) is 59.1 cm³/mol. The first kappa shape index (κ1) is 13.9. The van der Waals surface area contributed by atoms with Crippen LogP contribution < -0.4 is 0 Å². The van der Waals surface area contributed by atoms with Gasteiger partial charge < -0.3 is 5.21 Å². The van der Waals surface area contributed by atoms with Crippen LogP contribution in [0.3, 0.4) is 0 Å². The van der Waals surface area contributed by atoms with Crippen LogP contribution in [0.2, 0.25) is 0 Å². The van der Waals surface area contributed by atoms with Crippen LogP contribution >= 0.6 is 0 Å². The first-order chi connectivity index (χ1) is 7.20. The minimum atomic E-state index is -0.466. The maximum absolute atomic E-state index is 10.2. The van der Waals surface area contributed by atoms with Crippen molar-refractivity contribution >= 4 is 5.71 Å². The van der Waals surface area contributed by atoms with E-state index >= 15 is 0 Å². The van der Waals surface area contributed by atoms with Crippen LogP contribution in [0, 0.1) is 10.1 Å². The number of oxime groups is 1. The lowest BCUT2D eigenvalue weighted by molar-refractivity contribution is -0.463. The van der Waals surface area contributed by atoms with Gasteiger partial charge in [0.15, 0.2) is 0 Å². The van der Waals surface area contributed by atoms with E-state index in [-0.39, 0.29) is 12.3 Å². The molecule has 15 heavy (non-hydrogen) atoms. The largest absolute Gasteiger partial charge is 0.411 e. The molecule has 5 heteroatoms. The highest BCUT2D eigenvalue weighted by Gasteiger charge is 2.07. The smallest absolute Gasteiger partial charge is 0.244 e. The number of hydrogen-bond acceptors (Lipinski definition) is 4. The Hall–Kier alpha value is -1.13. The first-order valence-corrected chi connectivity index (χ1v) is 5.52. The van der Waals surface area contributed by atoms with E-state index in [0.717, 1.165) is 19.3 Å². The van der Waals surface area contributed by atoms with E-state index in [0.29, 0.717) is 6.42 Å². The molecule has 5 nitrogen and oxygen atoms in total. The van der Waals surface area contributed by atoms with E-state index in [1.54, 1.807) is 0 Å². The quantitative estimate of drug-likeness (QED) is 0.212. The fraction of sp³-hybridized carbons (Fsp3) is 0.900. The average Bonchev–Trinajstić information content (AvgIpc) is 2.20. The van der Waals surface area contributed by atoms with Gasteiger partial charge in [0.1, 0.15) is 5.71 Å². The van der Waals surface area contributed by atoms with Crippen LogP contribution in [-0.2, 0) is 0 Å². The van der Waals surface area contributed by atoms with Gasteiger partial charge in [-0.15, -0.1) is 0 Å². The van der Waals surface area contributed by atoms with Crippen molar-refractivity contribution in [2.24, 2.45) is 5.16 Å². The van der Waals surface area contributed by atoms with Gasteiger partial charge in [-0.05, 0) is 12.8 Å². The predicted octanol–water partition coefficient (Wildman–Crippen LogP) is 2.84. The molecule has 0 aromatic heterocycles. The third-order valence-corrected chi connectivity index (χ3v) is 2.27. The lowest BCUT2D eigenvalue weighted by Crippen LogP contribution is -2.13. The van der Waals surface area contributed by atoms with Gasteiger partial charge in [0.25, 0.3) is 0 Å². The van der Waals surface area contributed by atoms with E-state index < -0.39 is 4.92 Å². The molecule has 0 aliphatic rings. The molecule has 1 N–H and O–H groups in total. The van der Waals surface area contributed by atoms with Crippen LogP contribution in [0.5, 0.6) is 0 Å². The molecule has 0 saturated heterocycles. The monoisotopic (exact) mass is 216 g/mol. The lowest BCUT2D eigenvalue weighted by atomic mass is 10.1. The normalized spacial score (nSPS) is 11.7. The van der Waals surface area contributed by atoms with Crippen LogP contribution in [0.4, 0.5) is 0 Å². The molecule has 88 valence electrons. The molecule has 0 aliphatic carbocycles. The molecule has 0 amide bonds. The summed E-state index contributed by atoms with van der Waals surface area (Å²) in [5.41, 5.74) is 0.274. The van der Waals surface area contributed by atoms with E-state index in [4.69, 9.17) is 5.21 Å². The van der Waals surface area contributed by atoms with Crippen molar-refractivity contribution in [2.45, 2.75) is 51.9 Å². The molecule has 0 aliphatic heterocycles. The molecule has 0 spiro atoms. The Bertz CT molecular complexity index is 205. The summed E-state index contributed by atoms with van der Waals surface area (Å²) in [6.45, 7) is 1.82. The molecule has 0 heterocycles.